The molecule has 118 valence electrons. The first-order valence-corrected chi connectivity index (χ1v) is 7.50. The van der Waals surface area contributed by atoms with Crippen LogP contribution in [0.4, 0.5) is 11.4 Å². The van der Waals surface area contributed by atoms with Gasteiger partial charge < -0.3 is 5.32 Å². The Bertz CT molecular complexity index is 463. The third kappa shape index (κ3) is 5.71. The van der Waals surface area contributed by atoms with E-state index in [1.54, 1.807) is 13.1 Å². The van der Waals surface area contributed by atoms with E-state index in [0.717, 1.165) is 25.2 Å². The summed E-state index contributed by atoms with van der Waals surface area (Å²) in [6.45, 7) is 11.7. The topological polar surface area (TPSA) is 58.4 Å². The average Bonchev–Trinajstić information content (AvgIpc) is 2.36. The van der Waals surface area contributed by atoms with Crippen LogP contribution in [0.25, 0.3) is 0 Å². The lowest BCUT2D eigenvalue weighted by Crippen LogP contribution is -2.30. The van der Waals surface area contributed by atoms with Gasteiger partial charge in [-0.1, -0.05) is 33.8 Å². The van der Waals surface area contributed by atoms with E-state index >= 15 is 0 Å². The fourth-order valence-corrected chi connectivity index (χ4v) is 2.54. The van der Waals surface area contributed by atoms with Crippen LogP contribution >= 0.6 is 0 Å². The Balaban J connectivity index is 2.90. The first kappa shape index (κ1) is 17.4. The van der Waals surface area contributed by atoms with Crippen molar-refractivity contribution in [2.45, 2.75) is 34.2 Å². The molecule has 0 aromatic heterocycles. The van der Waals surface area contributed by atoms with Crippen LogP contribution in [0.1, 0.15) is 33.3 Å². The number of nitrogens with zero attached hydrogens (tertiary/aromatic N) is 2. The van der Waals surface area contributed by atoms with Gasteiger partial charge in [0.15, 0.2) is 0 Å². The lowest BCUT2D eigenvalue weighted by atomic mass is 10.1. The molecule has 0 saturated heterocycles. The van der Waals surface area contributed by atoms with Crippen molar-refractivity contribution in [2.75, 3.05) is 25.5 Å². The van der Waals surface area contributed by atoms with E-state index in [-0.39, 0.29) is 10.6 Å². The quantitative estimate of drug-likeness (QED) is 0.586. The van der Waals surface area contributed by atoms with E-state index in [1.807, 2.05) is 12.1 Å². The zero-order valence-corrected chi connectivity index (χ0v) is 13.7. The molecule has 0 saturated carbocycles. The molecule has 0 unspecified atom stereocenters. The van der Waals surface area contributed by atoms with Gasteiger partial charge in [-0.2, -0.15) is 0 Å². The van der Waals surface area contributed by atoms with E-state index < -0.39 is 0 Å². The molecule has 0 bridgehead atoms. The molecular weight excluding hydrogens is 266 g/mol. The lowest BCUT2D eigenvalue weighted by molar-refractivity contribution is -0.384. The molecule has 0 spiro atoms. The molecule has 1 aromatic rings. The van der Waals surface area contributed by atoms with Crippen LogP contribution in [0.15, 0.2) is 18.2 Å². The number of nitrogens with one attached hydrogen (secondary N) is 1. The van der Waals surface area contributed by atoms with Crippen molar-refractivity contribution in [1.29, 1.82) is 0 Å². The van der Waals surface area contributed by atoms with Crippen molar-refractivity contribution in [3.05, 3.63) is 33.9 Å². The Morgan fingerprint density at radius 2 is 1.76 bits per heavy atom. The molecule has 0 fully saturated rings. The third-order valence-electron chi connectivity index (χ3n) is 3.18. The number of hydrogen-bond acceptors (Lipinski definition) is 4. The molecule has 0 aliphatic rings. The molecule has 0 heterocycles. The standard InChI is InChI=1S/C16H27N3O2/c1-12(2)9-18(10-13(3)4)11-14-6-7-16(19(20)21)15(8-14)17-5/h6-8,12-13,17H,9-11H2,1-5H3. The smallest absolute Gasteiger partial charge is 0.292 e. The zero-order chi connectivity index (χ0) is 16.0. The SMILES string of the molecule is CNc1cc(CN(CC(C)C)CC(C)C)ccc1[N+](=O)[O-]. The Labute approximate surface area is 127 Å². The van der Waals surface area contributed by atoms with E-state index in [9.17, 15) is 10.1 Å². The molecule has 5 nitrogen and oxygen atoms in total. The molecule has 0 amide bonds. The van der Waals surface area contributed by atoms with E-state index in [4.69, 9.17) is 0 Å². The summed E-state index contributed by atoms with van der Waals surface area (Å²) in [6, 6.07) is 5.32. The van der Waals surface area contributed by atoms with Crippen LogP contribution in [0.5, 0.6) is 0 Å². The molecule has 1 N–H and O–H groups in total. The van der Waals surface area contributed by atoms with Crippen LogP contribution in [0.3, 0.4) is 0 Å². The van der Waals surface area contributed by atoms with Gasteiger partial charge in [-0.05, 0) is 23.5 Å². The maximum atomic E-state index is 11.0. The highest BCUT2D eigenvalue weighted by molar-refractivity contribution is 5.62. The first-order valence-electron chi connectivity index (χ1n) is 7.50. The van der Waals surface area contributed by atoms with Gasteiger partial charge in [0, 0.05) is 32.7 Å². The van der Waals surface area contributed by atoms with Crippen molar-refractivity contribution < 1.29 is 4.92 Å². The molecule has 0 radical (unpaired) electrons. The average molecular weight is 293 g/mol. The number of rotatable bonds is 8. The predicted molar refractivity (Wildman–Crippen MR) is 87.6 cm³/mol. The maximum absolute atomic E-state index is 11.0. The van der Waals surface area contributed by atoms with Gasteiger partial charge in [0.1, 0.15) is 5.69 Å². The number of benzene rings is 1. The summed E-state index contributed by atoms with van der Waals surface area (Å²) < 4.78 is 0. The summed E-state index contributed by atoms with van der Waals surface area (Å²) in [5, 5.41) is 13.9. The second-order valence-electron chi connectivity index (χ2n) is 6.34. The minimum absolute atomic E-state index is 0.125. The predicted octanol–water partition coefficient (Wildman–Crippen LogP) is 3.75. The molecular formula is C16H27N3O2. The summed E-state index contributed by atoms with van der Waals surface area (Å²) in [6.07, 6.45) is 0. The van der Waals surface area contributed by atoms with E-state index in [2.05, 4.69) is 37.9 Å². The molecule has 0 aliphatic heterocycles. The Hall–Kier alpha value is -1.62. The second kappa shape index (κ2) is 7.98. The summed E-state index contributed by atoms with van der Waals surface area (Å²) in [5.41, 5.74) is 1.80. The van der Waals surface area contributed by atoms with Crippen molar-refractivity contribution >= 4 is 11.4 Å². The molecule has 1 rings (SSSR count). The number of nitro groups is 1. The highest BCUT2D eigenvalue weighted by atomic mass is 16.6. The fourth-order valence-electron chi connectivity index (χ4n) is 2.54. The maximum Gasteiger partial charge on any atom is 0.292 e. The Morgan fingerprint density at radius 1 is 1.19 bits per heavy atom. The van der Waals surface area contributed by atoms with Crippen molar-refractivity contribution in [3.8, 4) is 0 Å². The van der Waals surface area contributed by atoms with Crippen molar-refractivity contribution in [1.82, 2.24) is 4.90 Å². The summed E-state index contributed by atoms with van der Waals surface area (Å²) >= 11 is 0. The monoisotopic (exact) mass is 293 g/mol. The van der Waals surface area contributed by atoms with E-state index in [0.29, 0.717) is 17.5 Å². The van der Waals surface area contributed by atoms with Gasteiger partial charge in [-0.15, -0.1) is 0 Å². The van der Waals surface area contributed by atoms with Crippen molar-refractivity contribution in [3.63, 3.8) is 0 Å². The van der Waals surface area contributed by atoms with E-state index in [1.165, 1.54) is 0 Å². The minimum atomic E-state index is -0.352. The lowest BCUT2D eigenvalue weighted by Gasteiger charge is -2.26. The van der Waals surface area contributed by atoms with Crippen LogP contribution < -0.4 is 5.32 Å². The number of anilines is 1. The molecule has 21 heavy (non-hydrogen) atoms. The zero-order valence-electron chi connectivity index (χ0n) is 13.7. The molecule has 0 aliphatic carbocycles. The highest BCUT2D eigenvalue weighted by Crippen LogP contribution is 2.25. The van der Waals surface area contributed by atoms with Gasteiger partial charge in [0.05, 0.1) is 4.92 Å². The van der Waals surface area contributed by atoms with Crippen LogP contribution in [-0.4, -0.2) is 30.0 Å². The number of nitro benzene ring substituents is 1. The van der Waals surface area contributed by atoms with Crippen LogP contribution in [0, 0.1) is 22.0 Å². The normalized spacial score (nSPS) is 11.4. The minimum Gasteiger partial charge on any atom is -0.383 e. The summed E-state index contributed by atoms with van der Waals surface area (Å²) in [4.78, 5) is 13.0. The van der Waals surface area contributed by atoms with Gasteiger partial charge >= 0.3 is 0 Å². The van der Waals surface area contributed by atoms with Crippen molar-refractivity contribution in [2.24, 2.45) is 11.8 Å². The van der Waals surface area contributed by atoms with Gasteiger partial charge in [0.25, 0.3) is 5.69 Å². The Morgan fingerprint density at radius 3 is 2.19 bits per heavy atom. The molecule has 5 heteroatoms. The largest absolute Gasteiger partial charge is 0.383 e. The van der Waals surface area contributed by atoms with Gasteiger partial charge in [-0.3, -0.25) is 15.0 Å². The molecule has 1 aromatic carbocycles. The van der Waals surface area contributed by atoms with Gasteiger partial charge in [-0.25, -0.2) is 0 Å². The Kier molecular flexibility index (Phi) is 6.62. The van der Waals surface area contributed by atoms with Gasteiger partial charge in [0.2, 0.25) is 0 Å². The first-order chi connectivity index (χ1) is 9.83. The summed E-state index contributed by atoms with van der Waals surface area (Å²) in [5.74, 6) is 1.20. The number of hydrogen-bond donors (Lipinski definition) is 1. The summed E-state index contributed by atoms with van der Waals surface area (Å²) in [7, 11) is 1.71. The third-order valence-corrected chi connectivity index (χ3v) is 3.18. The second-order valence-corrected chi connectivity index (χ2v) is 6.34. The molecule has 0 atom stereocenters. The van der Waals surface area contributed by atoms with Crippen LogP contribution in [-0.2, 0) is 6.54 Å². The highest BCUT2D eigenvalue weighted by Gasteiger charge is 2.15. The van der Waals surface area contributed by atoms with Crippen LogP contribution in [0.2, 0.25) is 0 Å². The fraction of sp³-hybridized carbons (Fsp3) is 0.625.